The SMILES string of the molecule is Cc1nn(C)c(CC(O)CC(C)C)c1Cl. The zero-order chi connectivity index (χ0) is 11.6. The summed E-state index contributed by atoms with van der Waals surface area (Å²) in [5.41, 5.74) is 1.74. The summed E-state index contributed by atoms with van der Waals surface area (Å²) in [4.78, 5) is 0. The fourth-order valence-electron chi connectivity index (χ4n) is 1.75. The first-order valence-electron chi connectivity index (χ1n) is 5.27. The Hall–Kier alpha value is -0.540. The average Bonchev–Trinajstić information content (AvgIpc) is 2.31. The minimum atomic E-state index is -0.336. The molecule has 0 aliphatic carbocycles. The monoisotopic (exact) mass is 230 g/mol. The molecule has 0 aromatic carbocycles. The summed E-state index contributed by atoms with van der Waals surface area (Å²) in [6.07, 6.45) is 1.03. The number of hydrogen-bond acceptors (Lipinski definition) is 2. The highest BCUT2D eigenvalue weighted by molar-refractivity contribution is 6.31. The van der Waals surface area contributed by atoms with Crippen LogP contribution in [0.2, 0.25) is 5.02 Å². The Bertz CT molecular complexity index is 334. The number of aliphatic hydroxyl groups excluding tert-OH is 1. The van der Waals surface area contributed by atoms with Crippen LogP contribution in [0, 0.1) is 12.8 Å². The molecule has 15 heavy (non-hydrogen) atoms. The summed E-state index contributed by atoms with van der Waals surface area (Å²) in [7, 11) is 1.86. The fraction of sp³-hybridized carbons (Fsp3) is 0.727. The molecule has 1 aromatic heterocycles. The van der Waals surface area contributed by atoms with E-state index in [1.54, 1.807) is 4.68 Å². The molecule has 0 bridgehead atoms. The normalized spacial score (nSPS) is 13.5. The van der Waals surface area contributed by atoms with Crippen LogP contribution < -0.4 is 0 Å². The van der Waals surface area contributed by atoms with Gasteiger partial charge in [-0.15, -0.1) is 0 Å². The predicted octanol–water partition coefficient (Wildman–Crippen LogP) is 2.33. The van der Waals surface area contributed by atoms with Gasteiger partial charge in [-0.05, 0) is 19.3 Å². The number of aromatic nitrogens is 2. The van der Waals surface area contributed by atoms with E-state index in [9.17, 15) is 5.11 Å². The highest BCUT2D eigenvalue weighted by Crippen LogP contribution is 2.22. The van der Waals surface area contributed by atoms with Gasteiger partial charge in [-0.2, -0.15) is 5.10 Å². The molecule has 1 aromatic rings. The van der Waals surface area contributed by atoms with Gasteiger partial charge in [0, 0.05) is 13.5 Å². The lowest BCUT2D eigenvalue weighted by Crippen LogP contribution is -2.15. The van der Waals surface area contributed by atoms with E-state index in [0.717, 1.165) is 17.8 Å². The standard InChI is InChI=1S/C11H19ClN2O/c1-7(2)5-9(15)6-10-11(12)8(3)13-14(10)4/h7,9,15H,5-6H2,1-4H3. The molecule has 0 saturated carbocycles. The molecule has 1 atom stereocenters. The van der Waals surface area contributed by atoms with Crippen LogP contribution in [-0.4, -0.2) is 21.0 Å². The molecule has 4 heteroatoms. The highest BCUT2D eigenvalue weighted by atomic mass is 35.5. The first-order valence-corrected chi connectivity index (χ1v) is 5.65. The van der Waals surface area contributed by atoms with Crippen molar-refractivity contribution in [2.75, 3.05) is 0 Å². The third-order valence-electron chi connectivity index (χ3n) is 2.43. The molecule has 1 heterocycles. The Balaban J connectivity index is 2.71. The number of nitrogens with zero attached hydrogens (tertiary/aromatic N) is 2. The van der Waals surface area contributed by atoms with Gasteiger partial charge in [0.1, 0.15) is 0 Å². The molecule has 0 radical (unpaired) electrons. The van der Waals surface area contributed by atoms with Crippen molar-refractivity contribution in [3.8, 4) is 0 Å². The minimum absolute atomic E-state index is 0.336. The van der Waals surface area contributed by atoms with E-state index in [1.807, 2.05) is 14.0 Å². The molecule has 1 rings (SSSR count). The Kier molecular flexibility index (Phi) is 4.17. The van der Waals surface area contributed by atoms with Gasteiger partial charge in [-0.3, -0.25) is 4.68 Å². The molecule has 1 N–H and O–H groups in total. The molecule has 86 valence electrons. The van der Waals surface area contributed by atoms with Gasteiger partial charge in [-0.1, -0.05) is 25.4 Å². The molecule has 0 aliphatic heterocycles. The van der Waals surface area contributed by atoms with Gasteiger partial charge in [0.25, 0.3) is 0 Å². The molecule has 0 amide bonds. The Morgan fingerprint density at radius 3 is 2.47 bits per heavy atom. The van der Waals surface area contributed by atoms with Gasteiger partial charge in [0.05, 0.1) is 22.5 Å². The van der Waals surface area contributed by atoms with Crippen molar-refractivity contribution >= 4 is 11.6 Å². The molecular formula is C11H19ClN2O. The van der Waals surface area contributed by atoms with E-state index in [2.05, 4.69) is 18.9 Å². The second-order valence-electron chi connectivity index (χ2n) is 4.46. The van der Waals surface area contributed by atoms with Gasteiger partial charge >= 0.3 is 0 Å². The maximum atomic E-state index is 9.83. The van der Waals surface area contributed by atoms with Crippen LogP contribution in [0.1, 0.15) is 31.7 Å². The van der Waals surface area contributed by atoms with Crippen molar-refractivity contribution < 1.29 is 5.11 Å². The lowest BCUT2D eigenvalue weighted by atomic mass is 10.0. The molecule has 0 spiro atoms. The second kappa shape index (κ2) is 4.99. The van der Waals surface area contributed by atoms with E-state index < -0.39 is 0 Å². The fourth-order valence-corrected chi connectivity index (χ4v) is 1.99. The quantitative estimate of drug-likeness (QED) is 0.862. The van der Waals surface area contributed by atoms with Gasteiger partial charge < -0.3 is 5.11 Å². The molecule has 0 aliphatic rings. The van der Waals surface area contributed by atoms with E-state index in [4.69, 9.17) is 11.6 Å². The van der Waals surface area contributed by atoms with E-state index >= 15 is 0 Å². The number of rotatable bonds is 4. The topological polar surface area (TPSA) is 38.0 Å². The lowest BCUT2D eigenvalue weighted by molar-refractivity contribution is 0.147. The zero-order valence-corrected chi connectivity index (χ0v) is 10.5. The Morgan fingerprint density at radius 1 is 1.47 bits per heavy atom. The van der Waals surface area contributed by atoms with Gasteiger partial charge in [-0.25, -0.2) is 0 Å². The van der Waals surface area contributed by atoms with Crippen LogP contribution in [0.3, 0.4) is 0 Å². The van der Waals surface area contributed by atoms with Crippen LogP contribution >= 0.6 is 11.6 Å². The minimum Gasteiger partial charge on any atom is -0.393 e. The molecule has 3 nitrogen and oxygen atoms in total. The number of hydrogen-bond donors (Lipinski definition) is 1. The first kappa shape index (κ1) is 12.5. The maximum Gasteiger partial charge on any atom is 0.0847 e. The van der Waals surface area contributed by atoms with Crippen molar-refractivity contribution in [2.24, 2.45) is 13.0 Å². The van der Waals surface area contributed by atoms with Crippen molar-refractivity contribution in [1.29, 1.82) is 0 Å². The third-order valence-corrected chi connectivity index (χ3v) is 2.93. The van der Waals surface area contributed by atoms with Crippen molar-refractivity contribution in [1.82, 2.24) is 9.78 Å². The van der Waals surface area contributed by atoms with Crippen molar-refractivity contribution in [2.45, 2.75) is 39.7 Å². The summed E-state index contributed by atoms with van der Waals surface area (Å²) in [5, 5.41) is 14.7. The van der Waals surface area contributed by atoms with Crippen LogP contribution in [0.5, 0.6) is 0 Å². The number of aryl methyl sites for hydroxylation is 2. The van der Waals surface area contributed by atoms with Gasteiger partial charge in [0.15, 0.2) is 0 Å². The predicted molar refractivity (Wildman–Crippen MR) is 62.1 cm³/mol. The zero-order valence-electron chi connectivity index (χ0n) is 9.79. The summed E-state index contributed by atoms with van der Waals surface area (Å²) in [5.74, 6) is 0.494. The lowest BCUT2D eigenvalue weighted by Gasteiger charge is -2.13. The van der Waals surface area contributed by atoms with Crippen molar-refractivity contribution in [3.05, 3.63) is 16.4 Å². The van der Waals surface area contributed by atoms with Crippen LogP contribution in [0.4, 0.5) is 0 Å². The van der Waals surface area contributed by atoms with Gasteiger partial charge in [0.2, 0.25) is 0 Å². The molecule has 0 saturated heterocycles. The van der Waals surface area contributed by atoms with Crippen LogP contribution in [-0.2, 0) is 13.5 Å². The second-order valence-corrected chi connectivity index (χ2v) is 4.84. The maximum absolute atomic E-state index is 9.83. The van der Waals surface area contributed by atoms with E-state index in [1.165, 1.54) is 0 Å². The summed E-state index contributed by atoms with van der Waals surface area (Å²) in [6, 6.07) is 0. The molecule has 0 fully saturated rings. The summed E-state index contributed by atoms with van der Waals surface area (Å²) >= 11 is 6.10. The first-order chi connectivity index (χ1) is 6.91. The Labute approximate surface area is 96.1 Å². The molecular weight excluding hydrogens is 212 g/mol. The van der Waals surface area contributed by atoms with E-state index in [0.29, 0.717) is 17.4 Å². The largest absolute Gasteiger partial charge is 0.393 e. The number of halogens is 1. The van der Waals surface area contributed by atoms with Crippen LogP contribution in [0.15, 0.2) is 0 Å². The van der Waals surface area contributed by atoms with Crippen molar-refractivity contribution in [3.63, 3.8) is 0 Å². The summed E-state index contributed by atoms with van der Waals surface area (Å²) < 4.78 is 1.75. The average molecular weight is 231 g/mol. The van der Waals surface area contributed by atoms with Crippen LogP contribution in [0.25, 0.3) is 0 Å². The highest BCUT2D eigenvalue weighted by Gasteiger charge is 2.15. The number of aliphatic hydroxyl groups is 1. The smallest absolute Gasteiger partial charge is 0.0847 e. The third kappa shape index (κ3) is 3.21. The summed E-state index contributed by atoms with van der Waals surface area (Å²) in [6.45, 7) is 6.07. The Morgan fingerprint density at radius 2 is 2.07 bits per heavy atom. The molecule has 1 unspecified atom stereocenters. The van der Waals surface area contributed by atoms with E-state index in [-0.39, 0.29) is 6.10 Å².